The van der Waals surface area contributed by atoms with Crippen molar-refractivity contribution < 1.29 is 0 Å². The summed E-state index contributed by atoms with van der Waals surface area (Å²) in [4.78, 5) is 10.0. The van der Waals surface area contributed by atoms with Gasteiger partial charge in [0.25, 0.3) is 0 Å². The molecule has 2 aromatic heterocycles. The highest BCUT2D eigenvalue weighted by atomic mass is 15.0. The van der Waals surface area contributed by atoms with Gasteiger partial charge in [-0.15, -0.1) is 0 Å². The molecule has 0 aliphatic rings. The average molecular weight is 676 g/mol. The maximum atomic E-state index is 5.06. The van der Waals surface area contributed by atoms with Crippen LogP contribution in [0.15, 0.2) is 200 Å². The van der Waals surface area contributed by atoms with Gasteiger partial charge in [-0.3, -0.25) is 0 Å². The molecule has 0 saturated heterocycles. The van der Waals surface area contributed by atoms with Gasteiger partial charge in [-0.05, 0) is 69.4 Å². The van der Waals surface area contributed by atoms with E-state index >= 15 is 0 Å². The van der Waals surface area contributed by atoms with Crippen molar-refractivity contribution in [1.29, 1.82) is 0 Å². The predicted octanol–water partition coefficient (Wildman–Crippen LogP) is 13.1. The van der Waals surface area contributed by atoms with E-state index < -0.39 is 0 Å². The highest BCUT2D eigenvalue weighted by molar-refractivity contribution is 6.21. The van der Waals surface area contributed by atoms with Crippen LogP contribution in [0.1, 0.15) is 0 Å². The number of rotatable bonds is 6. The fraction of sp³-hybridized carbons (Fsp3) is 0. The van der Waals surface area contributed by atoms with Crippen molar-refractivity contribution in [3.63, 3.8) is 0 Å². The number of benzene rings is 8. The monoisotopic (exact) mass is 675 g/mol. The molecule has 0 bridgehead atoms. The normalized spacial score (nSPS) is 11.4. The molecule has 3 nitrogen and oxygen atoms in total. The number of para-hydroxylation sites is 1. The van der Waals surface area contributed by atoms with Gasteiger partial charge in [0.15, 0.2) is 5.82 Å². The molecule has 0 spiro atoms. The van der Waals surface area contributed by atoms with Gasteiger partial charge in [-0.25, -0.2) is 9.97 Å². The average Bonchev–Trinajstić information content (AvgIpc) is 3.59. The lowest BCUT2D eigenvalue weighted by atomic mass is 9.96. The smallest absolute Gasteiger partial charge is 0.160 e. The molecule has 0 saturated carbocycles. The van der Waals surface area contributed by atoms with Gasteiger partial charge in [-0.2, -0.15) is 0 Å². The number of fused-ring (bicyclic) bond motifs is 5. The summed E-state index contributed by atoms with van der Waals surface area (Å²) < 4.78 is 2.39. The quantitative estimate of drug-likeness (QED) is 0.176. The summed E-state index contributed by atoms with van der Waals surface area (Å²) in [5.41, 5.74) is 13.2. The Kier molecular flexibility index (Phi) is 7.47. The zero-order valence-corrected chi connectivity index (χ0v) is 28.9. The molecule has 3 heteroatoms. The minimum atomic E-state index is 0.715. The second-order valence-corrected chi connectivity index (χ2v) is 13.4. The molecule has 0 amide bonds. The van der Waals surface area contributed by atoms with Crippen molar-refractivity contribution >= 4 is 32.6 Å². The lowest BCUT2D eigenvalue weighted by Crippen LogP contribution is -1.97. The van der Waals surface area contributed by atoms with E-state index in [1.807, 2.05) is 36.4 Å². The van der Waals surface area contributed by atoms with Crippen LogP contribution < -0.4 is 0 Å². The van der Waals surface area contributed by atoms with Crippen molar-refractivity contribution in [2.75, 3.05) is 0 Å². The van der Waals surface area contributed by atoms with Crippen LogP contribution in [0.5, 0.6) is 0 Å². The molecule has 2 heterocycles. The number of hydrogen-bond acceptors (Lipinski definition) is 2. The third kappa shape index (κ3) is 5.56. The summed E-state index contributed by atoms with van der Waals surface area (Å²) in [7, 11) is 0. The summed E-state index contributed by atoms with van der Waals surface area (Å²) in [6, 6.07) is 71.0. The van der Waals surface area contributed by atoms with Crippen molar-refractivity contribution in [2.45, 2.75) is 0 Å². The lowest BCUT2D eigenvalue weighted by Gasteiger charge is -2.12. The highest BCUT2D eigenvalue weighted by Crippen LogP contribution is 2.39. The molecular weight excluding hydrogens is 643 g/mol. The maximum absolute atomic E-state index is 5.06. The Hall–Kier alpha value is -7.10. The van der Waals surface area contributed by atoms with Gasteiger partial charge in [0.05, 0.1) is 22.4 Å². The molecule has 10 rings (SSSR count). The topological polar surface area (TPSA) is 30.7 Å². The maximum Gasteiger partial charge on any atom is 0.160 e. The van der Waals surface area contributed by atoms with Crippen LogP contribution in [0.2, 0.25) is 0 Å². The standard InChI is InChI=1S/C50H33N3/c1-4-12-34(13-5-1)35-20-22-36(23-21-35)41-25-24-37-28-31-48-49(44(37)32-41)43-18-10-11-19-47(43)53(48)42-29-26-39(27-30-42)46-33-45(38-14-6-2-7-15-38)51-50(52-46)40-16-8-3-9-17-40/h1-33H. The van der Waals surface area contributed by atoms with Gasteiger partial charge >= 0.3 is 0 Å². The van der Waals surface area contributed by atoms with Gasteiger partial charge < -0.3 is 4.57 Å². The Balaban J connectivity index is 1.08. The van der Waals surface area contributed by atoms with Crippen LogP contribution in [0.25, 0.3) is 94.4 Å². The van der Waals surface area contributed by atoms with Crippen molar-refractivity contribution in [1.82, 2.24) is 14.5 Å². The molecule has 8 aromatic carbocycles. The SMILES string of the molecule is c1ccc(-c2ccc(-c3ccc4ccc5c(c4c3)c3ccccc3n5-c3ccc(-c4cc(-c5ccccc5)nc(-c5ccccc5)n4)cc3)cc2)cc1. The molecule has 0 unspecified atom stereocenters. The van der Waals surface area contributed by atoms with Gasteiger partial charge in [0.2, 0.25) is 0 Å². The highest BCUT2D eigenvalue weighted by Gasteiger charge is 2.16. The number of nitrogens with zero attached hydrogens (tertiary/aromatic N) is 3. The summed E-state index contributed by atoms with van der Waals surface area (Å²) >= 11 is 0. The molecular formula is C50H33N3. The van der Waals surface area contributed by atoms with Crippen LogP contribution in [0.3, 0.4) is 0 Å². The van der Waals surface area contributed by atoms with E-state index in [1.54, 1.807) is 0 Å². The molecule has 248 valence electrons. The summed E-state index contributed by atoms with van der Waals surface area (Å²) in [6.45, 7) is 0. The molecule has 0 fully saturated rings. The second kappa shape index (κ2) is 12.9. The van der Waals surface area contributed by atoms with Gasteiger partial charge in [0, 0.05) is 33.2 Å². The van der Waals surface area contributed by atoms with Crippen LogP contribution >= 0.6 is 0 Å². The van der Waals surface area contributed by atoms with Crippen LogP contribution in [-0.2, 0) is 0 Å². The van der Waals surface area contributed by atoms with E-state index in [-0.39, 0.29) is 0 Å². The summed E-state index contributed by atoms with van der Waals surface area (Å²) in [5, 5.41) is 4.99. The number of aromatic nitrogens is 3. The zero-order chi connectivity index (χ0) is 35.1. The molecule has 0 aliphatic carbocycles. The molecule has 0 atom stereocenters. The first kappa shape index (κ1) is 30.7. The fourth-order valence-electron chi connectivity index (χ4n) is 7.58. The van der Waals surface area contributed by atoms with Crippen molar-refractivity contribution in [3.8, 4) is 61.8 Å². The zero-order valence-electron chi connectivity index (χ0n) is 28.9. The van der Waals surface area contributed by atoms with E-state index in [4.69, 9.17) is 9.97 Å². The fourth-order valence-corrected chi connectivity index (χ4v) is 7.58. The van der Waals surface area contributed by atoms with Gasteiger partial charge in [0.1, 0.15) is 0 Å². The first-order valence-electron chi connectivity index (χ1n) is 18.0. The lowest BCUT2D eigenvalue weighted by molar-refractivity contribution is 1.17. The molecule has 53 heavy (non-hydrogen) atoms. The molecule has 10 aromatic rings. The first-order valence-corrected chi connectivity index (χ1v) is 18.0. The Bertz CT molecular complexity index is 2840. The predicted molar refractivity (Wildman–Crippen MR) is 221 cm³/mol. The van der Waals surface area contributed by atoms with E-state index in [9.17, 15) is 0 Å². The second-order valence-electron chi connectivity index (χ2n) is 13.4. The Morgan fingerprint density at radius 1 is 0.321 bits per heavy atom. The third-order valence-electron chi connectivity index (χ3n) is 10.2. The van der Waals surface area contributed by atoms with Crippen molar-refractivity contribution in [2.24, 2.45) is 0 Å². The van der Waals surface area contributed by atoms with Crippen LogP contribution in [-0.4, -0.2) is 14.5 Å². The Morgan fingerprint density at radius 3 is 1.49 bits per heavy atom. The first-order chi connectivity index (χ1) is 26.3. The molecule has 0 radical (unpaired) electrons. The van der Waals surface area contributed by atoms with Gasteiger partial charge in [-0.1, -0.05) is 164 Å². The minimum Gasteiger partial charge on any atom is -0.309 e. The minimum absolute atomic E-state index is 0.715. The van der Waals surface area contributed by atoms with E-state index in [1.165, 1.54) is 54.8 Å². The third-order valence-corrected chi connectivity index (χ3v) is 10.2. The Labute approximate surface area is 308 Å². The summed E-state index contributed by atoms with van der Waals surface area (Å²) in [5.74, 6) is 0.715. The Morgan fingerprint density at radius 2 is 0.811 bits per heavy atom. The van der Waals surface area contributed by atoms with Crippen LogP contribution in [0.4, 0.5) is 0 Å². The summed E-state index contributed by atoms with van der Waals surface area (Å²) in [6.07, 6.45) is 0. The molecule has 0 aliphatic heterocycles. The van der Waals surface area contributed by atoms with Crippen molar-refractivity contribution in [3.05, 3.63) is 200 Å². The van der Waals surface area contributed by atoms with Crippen LogP contribution in [0, 0.1) is 0 Å². The molecule has 0 N–H and O–H groups in total. The van der Waals surface area contributed by atoms with E-state index in [2.05, 4.69) is 168 Å². The van der Waals surface area contributed by atoms with E-state index in [0.717, 1.165) is 33.8 Å². The number of hydrogen-bond donors (Lipinski definition) is 0. The largest absolute Gasteiger partial charge is 0.309 e. The van der Waals surface area contributed by atoms with E-state index in [0.29, 0.717) is 5.82 Å².